The number of hydrogen-bond acceptors (Lipinski definition) is 7. The van der Waals surface area contributed by atoms with Crippen molar-refractivity contribution in [2.24, 2.45) is 7.05 Å². The number of benzene rings is 2. The van der Waals surface area contributed by atoms with Gasteiger partial charge in [0.15, 0.2) is 11.7 Å². The van der Waals surface area contributed by atoms with Gasteiger partial charge in [-0.05, 0) is 37.8 Å². The first-order valence-corrected chi connectivity index (χ1v) is 10.8. The first-order chi connectivity index (χ1) is 16.7. The highest BCUT2D eigenvalue weighted by molar-refractivity contribution is 6.04. The summed E-state index contributed by atoms with van der Waals surface area (Å²) in [6.45, 7) is 5.97. The number of nitrogens with zero attached hydrogens (tertiary/aromatic N) is 3. The summed E-state index contributed by atoms with van der Waals surface area (Å²) in [7, 11) is 4.93. The summed E-state index contributed by atoms with van der Waals surface area (Å²) in [6.07, 6.45) is 1.47. The molecular weight excluding hydrogens is 452 g/mol. The van der Waals surface area contributed by atoms with Gasteiger partial charge in [-0.25, -0.2) is 0 Å². The molecule has 35 heavy (non-hydrogen) atoms. The van der Waals surface area contributed by atoms with Crippen LogP contribution in [0.4, 0.5) is 5.82 Å². The third-order valence-electron chi connectivity index (χ3n) is 5.16. The summed E-state index contributed by atoms with van der Waals surface area (Å²) >= 11 is 0. The van der Waals surface area contributed by atoms with E-state index in [-0.39, 0.29) is 23.8 Å². The Morgan fingerprint density at radius 1 is 1.14 bits per heavy atom. The van der Waals surface area contributed by atoms with Gasteiger partial charge in [-0.3, -0.25) is 19.2 Å². The van der Waals surface area contributed by atoms with E-state index in [0.29, 0.717) is 46.5 Å². The number of fused-ring (bicyclic) bond motifs is 1. The van der Waals surface area contributed by atoms with Crippen molar-refractivity contribution in [1.29, 1.82) is 0 Å². The van der Waals surface area contributed by atoms with Crippen LogP contribution in [0.1, 0.15) is 27.6 Å². The lowest BCUT2D eigenvalue weighted by atomic mass is 10.1. The normalized spacial score (nSPS) is 13.7. The Morgan fingerprint density at radius 3 is 2.63 bits per heavy atom. The second kappa shape index (κ2) is 9.90. The molecule has 0 unspecified atom stereocenters. The van der Waals surface area contributed by atoms with Crippen LogP contribution in [0.5, 0.6) is 23.0 Å². The topological polar surface area (TPSA) is 104 Å². The van der Waals surface area contributed by atoms with Gasteiger partial charge in [-0.1, -0.05) is 0 Å². The average molecular weight is 479 g/mol. The van der Waals surface area contributed by atoms with Gasteiger partial charge in [-0.15, -0.1) is 0 Å². The van der Waals surface area contributed by atoms with Gasteiger partial charge in [0.1, 0.15) is 29.1 Å². The van der Waals surface area contributed by atoms with Crippen molar-refractivity contribution in [3.8, 4) is 23.0 Å². The summed E-state index contributed by atoms with van der Waals surface area (Å²) < 4.78 is 24.3. The number of nitrogens with one attached hydrogen (secondary N) is 1. The Labute approximate surface area is 202 Å². The zero-order chi connectivity index (χ0) is 25.1. The number of carbonyl (C=O) groups is 2. The number of hydrogen-bond donors (Lipinski definition) is 1. The predicted molar refractivity (Wildman–Crippen MR) is 128 cm³/mol. The number of aromatic nitrogens is 2. The Hall–Kier alpha value is -4.31. The van der Waals surface area contributed by atoms with Gasteiger partial charge in [0.25, 0.3) is 11.8 Å². The molecule has 2 aromatic carbocycles. The number of rotatable bonds is 8. The van der Waals surface area contributed by atoms with Crippen molar-refractivity contribution in [2.75, 3.05) is 26.1 Å². The molecule has 1 aliphatic heterocycles. The molecule has 2 amide bonds. The third-order valence-corrected chi connectivity index (χ3v) is 5.16. The molecule has 1 aromatic heterocycles. The SMILES string of the molecule is C=C1Oc2cc(Oc3cc(O[C@@H](C)COC)cc(C(=O)Nc4ccn(C)n4)c3)ccc2C(=O)N1C. The molecule has 1 atom stereocenters. The molecule has 0 fully saturated rings. The second-order valence-electron chi connectivity index (χ2n) is 8.03. The first-order valence-electron chi connectivity index (χ1n) is 10.8. The fraction of sp³-hybridized carbons (Fsp3) is 0.240. The fourth-order valence-electron chi connectivity index (χ4n) is 3.45. The predicted octanol–water partition coefficient (Wildman–Crippen LogP) is 3.81. The standard InChI is InChI=1S/C25H26N4O6/c1-15(14-32-5)33-19-10-17(24(30)26-23-8-9-28(3)27-23)11-20(12-19)35-18-6-7-21-22(13-18)34-16(2)29(4)25(21)31/h6-13,15H,2,14H2,1,3-5H3,(H,26,27,30)/t15-/m0/s1. The molecule has 0 aliphatic carbocycles. The van der Waals surface area contributed by atoms with E-state index in [0.717, 1.165) is 0 Å². The molecule has 0 saturated heterocycles. The minimum absolute atomic E-state index is 0.218. The van der Waals surface area contributed by atoms with E-state index in [9.17, 15) is 9.59 Å². The maximum Gasteiger partial charge on any atom is 0.264 e. The molecule has 10 nitrogen and oxygen atoms in total. The van der Waals surface area contributed by atoms with Crippen molar-refractivity contribution in [3.63, 3.8) is 0 Å². The Bertz CT molecular complexity index is 1280. The number of anilines is 1. The number of amides is 2. The van der Waals surface area contributed by atoms with E-state index in [1.165, 1.54) is 4.90 Å². The zero-order valence-electron chi connectivity index (χ0n) is 19.9. The number of carbonyl (C=O) groups excluding carboxylic acids is 2. The van der Waals surface area contributed by atoms with Crippen molar-refractivity contribution in [3.05, 3.63) is 72.3 Å². The van der Waals surface area contributed by atoms with E-state index in [1.807, 2.05) is 6.92 Å². The highest BCUT2D eigenvalue weighted by Gasteiger charge is 2.26. The summed E-state index contributed by atoms with van der Waals surface area (Å²) in [4.78, 5) is 26.7. The van der Waals surface area contributed by atoms with Gasteiger partial charge < -0.3 is 24.3 Å². The van der Waals surface area contributed by atoms with E-state index in [4.69, 9.17) is 18.9 Å². The molecule has 1 aliphatic rings. The minimum atomic E-state index is -0.378. The monoisotopic (exact) mass is 478 g/mol. The zero-order valence-corrected chi connectivity index (χ0v) is 19.9. The largest absolute Gasteiger partial charge is 0.488 e. The second-order valence-corrected chi connectivity index (χ2v) is 8.03. The smallest absolute Gasteiger partial charge is 0.264 e. The fourth-order valence-corrected chi connectivity index (χ4v) is 3.45. The summed E-state index contributed by atoms with van der Waals surface area (Å²) in [5.74, 6) is 1.57. The van der Waals surface area contributed by atoms with Crippen molar-refractivity contribution >= 4 is 17.6 Å². The summed E-state index contributed by atoms with van der Waals surface area (Å²) in [5.41, 5.74) is 0.709. The minimum Gasteiger partial charge on any atom is -0.488 e. The summed E-state index contributed by atoms with van der Waals surface area (Å²) in [5, 5.41) is 6.93. The van der Waals surface area contributed by atoms with E-state index in [2.05, 4.69) is 17.0 Å². The van der Waals surface area contributed by atoms with Gasteiger partial charge in [0.05, 0.1) is 12.2 Å². The maximum absolute atomic E-state index is 12.9. The Balaban J connectivity index is 1.62. The number of ether oxygens (including phenoxy) is 4. The van der Waals surface area contributed by atoms with E-state index in [1.54, 1.807) is 74.5 Å². The highest BCUT2D eigenvalue weighted by atomic mass is 16.5. The maximum atomic E-state index is 12.9. The molecule has 2 heterocycles. The van der Waals surface area contributed by atoms with Crippen molar-refractivity contribution in [1.82, 2.24) is 14.7 Å². The van der Waals surface area contributed by atoms with E-state index < -0.39 is 0 Å². The van der Waals surface area contributed by atoms with Crippen molar-refractivity contribution in [2.45, 2.75) is 13.0 Å². The molecular formula is C25H26N4O6. The molecule has 4 rings (SSSR count). The van der Waals surface area contributed by atoms with Gasteiger partial charge in [-0.2, -0.15) is 5.10 Å². The lowest BCUT2D eigenvalue weighted by molar-refractivity contribution is 0.0743. The van der Waals surface area contributed by atoms with Crippen molar-refractivity contribution < 1.29 is 28.5 Å². The van der Waals surface area contributed by atoms with Crippen LogP contribution >= 0.6 is 0 Å². The number of methoxy groups -OCH3 is 1. The molecule has 182 valence electrons. The van der Waals surface area contributed by atoms with Gasteiger partial charge in [0.2, 0.25) is 0 Å². The molecule has 0 spiro atoms. The Morgan fingerprint density at radius 2 is 1.91 bits per heavy atom. The molecule has 0 bridgehead atoms. The lowest BCUT2D eigenvalue weighted by Crippen LogP contribution is -2.32. The van der Waals surface area contributed by atoms with Crippen LogP contribution < -0.4 is 19.5 Å². The molecule has 10 heteroatoms. The van der Waals surface area contributed by atoms with Crippen LogP contribution in [-0.4, -0.2) is 53.4 Å². The van der Waals surface area contributed by atoms with Crippen LogP contribution in [-0.2, 0) is 11.8 Å². The van der Waals surface area contributed by atoms with Crippen LogP contribution in [0.25, 0.3) is 0 Å². The molecule has 0 radical (unpaired) electrons. The van der Waals surface area contributed by atoms with Crippen LogP contribution in [0.2, 0.25) is 0 Å². The van der Waals surface area contributed by atoms with Gasteiger partial charge in [0, 0.05) is 51.2 Å². The van der Waals surface area contributed by atoms with Crippen LogP contribution in [0.15, 0.2) is 61.1 Å². The quantitative estimate of drug-likeness (QED) is 0.525. The molecule has 0 saturated carbocycles. The number of aryl methyl sites for hydroxylation is 1. The Kier molecular flexibility index (Phi) is 6.74. The van der Waals surface area contributed by atoms with Crippen LogP contribution in [0, 0.1) is 0 Å². The lowest BCUT2D eigenvalue weighted by Gasteiger charge is -2.26. The average Bonchev–Trinajstić information content (AvgIpc) is 3.21. The molecule has 1 N–H and O–H groups in total. The first kappa shape index (κ1) is 23.8. The van der Waals surface area contributed by atoms with E-state index >= 15 is 0 Å². The van der Waals surface area contributed by atoms with Gasteiger partial charge >= 0.3 is 0 Å². The highest BCUT2D eigenvalue weighted by Crippen LogP contribution is 2.35. The third kappa shape index (κ3) is 5.44. The summed E-state index contributed by atoms with van der Waals surface area (Å²) in [6, 6.07) is 11.4. The van der Waals surface area contributed by atoms with Crippen LogP contribution in [0.3, 0.4) is 0 Å². The molecule has 3 aromatic rings.